The molecular formula is C32H39FN6O3. The molecule has 2 aromatic carbocycles. The summed E-state index contributed by atoms with van der Waals surface area (Å²) in [5.41, 5.74) is 9.13. The minimum Gasteiger partial charge on any atom is -0.338 e. The van der Waals surface area contributed by atoms with Crippen LogP contribution in [0.3, 0.4) is 0 Å². The Kier molecular flexibility index (Phi) is 9.34. The molecule has 1 saturated heterocycles. The third-order valence-electron chi connectivity index (χ3n) is 8.10. The smallest absolute Gasteiger partial charge is 0.319 e. The number of piperazine rings is 1. The van der Waals surface area contributed by atoms with Gasteiger partial charge >= 0.3 is 6.03 Å². The molecule has 1 saturated carbocycles. The molecule has 5 rings (SSSR count). The Balaban J connectivity index is 1.10. The average Bonchev–Trinajstić information content (AvgIpc) is 3.82. The standard InChI is InChI=1S/C32H39FN6O3/c1-21-5-2-3-8-26(21)29(34)37-30(40)24-7-4-6-23(17-24)20-38-13-15-39(16-14-38)31(41)25-11-12-28(27(33)18-25)36-32(42)35-19-22-9-10-22/h2-4,6-8,11-12,17-18,21-22,29H,5,9-10,13-16,19-20,34H2,1H3,(H,37,40)(H2,35,36,42). The van der Waals surface area contributed by atoms with Crippen molar-refractivity contribution in [2.45, 2.75) is 38.9 Å². The number of benzene rings is 2. The van der Waals surface area contributed by atoms with Crippen molar-refractivity contribution >= 4 is 23.5 Å². The molecule has 0 spiro atoms. The highest BCUT2D eigenvalue weighted by Gasteiger charge is 2.25. The minimum atomic E-state index is -0.646. The molecule has 0 aromatic heterocycles. The van der Waals surface area contributed by atoms with Crippen LogP contribution < -0.4 is 21.7 Å². The van der Waals surface area contributed by atoms with E-state index in [1.165, 1.54) is 12.1 Å². The van der Waals surface area contributed by atoms with E-state index >= 15 is 0 Å². The maximum Gasteiger partial charge on any atom is 0.319 e. The highest BCUT2D eigenvalue weighted by Crippen LogP contribution is 2.27. The summed E-state index contributed by atoms with van der Waals surface area (Å²) in [7, 11) is 0. The molecule has 2 aliphatic carbocycles. The molecule has 2 fully saturated rings. The number of carbonyl (C=O) groups is 3. The lowest BCUT2D eigenvalue weighted by Crippen LogP contribution is -2.48. The number of hydrogen-bond acceptors (Lipinski definition) is 5. The van der Waals surface area contributed by atoms with E-state index in [9.17, 15) is 18.8 Å². The van der Waals surface area contributed by atoms with E-state index < -0.39 is 18.0 Å². The summed E-state index contributed by atoms with van der Waals surface area (Å²) >= 11 is 0. The fourth-order valence-electron chi connectivity index (χ4n) is 5.32. The third kappa shape index (κ3) is 7.63. The van der Waals surface area contributed by atoms with Crippen LogP contribution in [0.2, 0.25) is 0 Å². The Bertz CT molecular complexity index is 1380. The molecule has 1 heterocycles. The second kappa shape index (κ2) is 13.3. The molecule has 2 atom stereocenters. The van der Waals surface area contributed by atoms with Crippen LogP contribution in [0.15, 0.2) is 66.3 Å². The number of amides is 4. The number of halogens is 1. The highest BCUT2D eigenvalue weighted by molar-refractivity contribution is 5.96. The zero-order valence-corrected chi connectivity index (χ0v) is 23.9. The Morgan fingerprint density at radius 2 is 1.83 bits per heavy atom. The van der Waals surface area contributed by atoms with E-state index in [4.69, 9.17) is 5.73 Å². The Morgan fingerprint density at radius 3 is 2.55 bits per heavy atom. The van der Waals surface area contributed by atoms with Crippen molar-refractivity contribution in [3.63, 3.8) is 0 Å². The third-order valence-corrected chi connectivity index (χ3v) is 8.10. The number of carbonyl (C=O) groups excluding carboxylic acids is 3. The summed E-state index contributed by atoms with van der Waals surface area (Å²) in [5.74, 6) is -0.297. The summed E-state index contributed by atoms with van der Waals surface area (Å²) in [6.45, 7) is 5.62. The van der Waals surface area contributed by atoms with Crippen molar-refractivity contribution in [2.75, 3.05) is 38.0 Å². The Hall–Kier alpha value is -4.02. The van der Waals surface area contributed by atoms with Gasteiger partial charge in [0.25, 0.3) is 11.8 Å². The van der Waals surface area contributed by atoms with E-state index in [2.05, 4.69) is 33.9 Å². The maximum atomic E-state index is 14.7. The molecule has 10 heteroatoms. The van der Waals surface area contributed by atoms with Gasteiger partial charge in [-0.3, -0.25) is 14.5 Å². The topological polar surface area (TPSA) is 120 Å². The normalized spacial score (nSPS) is 19.5. The van der Waals surface area contributed by atoms with Crippen molar-refractivity contribution in [2.24, 2.45) is 17.6 Å². The van der Waals surface area contributed by atoms with Gasteiger partial charge in [0.15, 0.2) is 0 Å². The molecular weight excluding hydrogens is 535 g/mol. The average molecular weight is 575 g/mol. The molecule has 5 N–H and O–H groups in total. The molecule has 4 amide bonds. The highest BCUT2D eigenvalue weighted by atomic mass is 19.1. The maximum absolute atomic E-state index is 14.7. The zero-order valence-electron chi connectivity index (χ0n) is 23.9. The lowest BCUT2D eigenvalue weighted by molar-refractivity contribution is 0.0627. The molecule has 9 nitrogen and oxygen atoms in total. The molecule has 0 radical (unpaired) electrons. The molecule has 1 aliphatic heterocycles. The Labute approximate surface area is 246 Å². The quantitative estimate of drug-likeness (QED) is 0.339. The number of nitrogens with two attached hydrogens (primary N) is 1. The van der Waals surface area contributed by atoms with E-state index in [1.807, 2.05) is 30.4 Å². The van der Waals surface area contributed by atoms with Gasteiger partial charge in [0, 0.05) is 50.4 Å². The van der Waals surface area contributed by atoms with Crippen LogP contribution in [0.1, 0.15) is 52.5 Å². The molecule has 2 aromatic rings. The van der Waals surface area contributed by atoms with Gasteiger partial charge in [-0.05, 0) is 72.6 Å². The van der Waals surface area contributed by atoms with Gasteiger partial charge in [0.1, 0.15) is 5.82 Å². The number of urea groups is 1. The molecule has 3 aliphatic rings. The summed E-state index contributed by atoms with van der Waals surface area (Å²) < 4.78 is 14.7. The fraction of sp³-hybridized carbons (Fsp3) is 0.406. The van der Waals surface area contributed by atoms with Crippen LogP contribution in [0.5, 0.6) is 0 Å². The SMILES string of the molecule is CC1CC=CC=C1C(N)NC(=O)c1cccc(CN2CCN(C(=O)c3ccc(NC(=O)NCC4CC4)c(F)c3)CC2)c1. The van der Waals surface area contributed by atoms with Crippen LogP contribution in [-0.2, 0) is 6.54 Å². The van der Waals surface area contributed by atoms with Crippen molar-refractivity contribution in [3.8, 4) is 0 Å². The van der Waals surface area contributed by atoms with Crippen LogP contribution in [0.4, 0.5) is 14.9 Å². The van der Waals surface area contributed by atoms with Gasteiger partial charge in [0.2, 0.25) is 0 Å². The number of nitrogens with one attached hydrogen (secondary N) is 3. The van der Waals surface area contributed by atoms with E-state index in [1.54, 1.807) is 17.0 Å². The van der Waals surface area contributed by atoms with E-state index in [0.717, 1.165) is 30.4 Å². The van der Waals surface area contributed by atoms with Crippen LogP contribution >= 0.6 is 0 Å². The summed E-state index contributed by atoms with van der Waals surface area (Å²) in [4.78, 5) is 41.9. The zero-order chi connectivity index (χ0) is 29.6. The number of allylic oxidation sites excluding steroid dienone is 3. The molecule has 42 heavy (non-hydrogen) atoms. The first-order valence-electron chi connectivity index (χ1n) is 14.6. The van der Waals surface area contributed by atoms with E-state index in [-0.39, 0.29) is 29.0 Å². The van der Waals surface area contributed by atoms with Gasteiger partial charge in [0.05, 0.1) is 11.9 Å². The summed E-state index contributed by atoms with van der Waals surface area (Å²) in [6, 6.07) is 11.2. The lowest BCUT2D eigenvalue weighted by atomic mass is 9.91. The van der Waals surface area contributed by atoms with Crippen LogP contribution in [-0.4, -0.2) is 66.5 Å². The molecule has 0 bridgehead atoms. The number of rotatable bonds is 9. The summed E-state index contributed by atoms with van der Waals surface area (Å²) in [5, 5.41) is 8.16. The largest absolute Gasteiger partial charge is 0.338 e. The first kappa shape index (κ1) is 29.5. The van der Waals surface area contributed by atoms with Crippen molar-refractivity contribution in [1.82, 2.24) is 20.4 Å². The van der Waals surface area contributed by atoms with E-state index in [0.29, 0.717) is 50.7 Å². The van der Waals surface area contributed by atoms with Gasteiger partial charge in [-0.25, -0.2) is 9.18 Å². The van der Waals surface area contributed by atoms with Gasteiger partial charge < -0.3 is 26.6 Å². The lowest BCUT2D eigenvalue weighted by Gasteiger charge is -2.35. The van der Waals surface area contributed by atoms with Crippen molar-refractivity contribution in [3.05, 3.63) is 88.8 Å². The predicted octanol–water partition coefficient (Wildman–Crippen LogP) is 3.85. The minimum absolute atomic E-state index is 0.0420. The van der Waals surface area contributed by atoms with Gasteiger partial charge in [-0.2, -0.15) is 0 Å². The predicted molar refractivity (Wildman–Crippen MR) is 160 cm³/mol. The fourth-order valence-corrected chi connectivity index (χ4v) is 5.32. The van der Waals surface area contributed by atoms with Crippen molar-refractivity contribution < 1.29 is 18.8 Å². The molecule has 222 valence electrons. The second-order valence-corrected chi connectivity index (χ2v) is 11.4. The first-order chi connectivity index (χ1) is 20.3. The Morgan fingerprint density at radius 1 is 1.05 bits per heavy atom. The van der Waals surface area contributed by atoms with Crippen LogP contribution in [0.25, 0.3) is 0 Å². The van der Waals surface area contributed by atoms with Gasteiger partial charge in [-0.1, -0.05) is 37.3 Å². The monoisotopic (exact) mass is 574 g/mol. The number of nitrogens with zero attached hydrogens (tertiary/aromatic N) is 2. The number of hydrogen-bond donors (Lipinski definition) is 4. The van der Waals surface area contributed by atoms with Crippen LogP contribution in [0, 0.1) is 17.7 Å². The summed E-state index contributed by atoms with van der Waals surface area (Å²) in [6.07, 6.45) is 8.63. The second-order valence-electron chi connectivity index (χ2n) is 11.4. The molecule has 2 unspecified atom stereocenters. The first-order valence-corrected chi connectivity index (χ1v) is 14.6. The van der Waals surface area contributed by atoms with Gasteiger partial charge in [-0.15, -0.1) is 0 Å². The number of anilines is 1. The van der Waals surface area contributed by atoms with Crippen molar-refractivity contribution in [1.29, 1.82) is 0 Å².